The molecule has 0 amide bonds. The van der Waals surface area contributed by atoms with Crippen LogP contribution in [-0.2, 0) is 10.2 Å². The number of carbonyl (C=O) groups is 1. The molecule has 0 aliphatic heterocycles. The maximum absolute atomic E-state index is 11.3. The van der Waals surface area contributed by atoms with Gasteiger partial charge in [-0.2, -0.15) is 0 Å². The van der Waals surface area contributed by atoms with Crippen molar-refractivity contribution in [2.45, 2.75) is 53.1 Å². The van der Waals surface area contributed by atoms with Crippen molar-refractivity contribution in [2.75, 3.05) is 0 Å². The van der Waals surface area contributed by atoms with E-state index in [1.807, 2.05) is 32.9 Å². The van der Waals surface area contributed by atoms with Gasteiger partial charge in [-0.1, -0.05) is 50.5 Å². The molecule has 0 fully saturated rings. The van der Waals surface area contributed by atoms with Crippen molar-refractivity contribution >= 4 is 21.9 Å². The third kappa shape index (κ3) is 3.98. The first-order chi connectivity index (χ1) is 9.04. The van der Waals surface area contributed by atoms with Gasteiger partial charge < -0.3 is 9.84 Å². The highest BCUT2D eigenvalue weighted by Gasteiger charge is 2.27. The van der Waals surface area contributed by atoms with E-state index in [0.717, 1.165) is 15.6 Å². The van der Waals surface area contributed by atoms with Crippen LogP contribution in [0.3, 0.4) is 0 Å². The van der Waals surface area contributed by atoms with Crippen molar-refractivity contribution < 1.29 is 14.6 Å². The molecule has 1 N–H and O–H groups in total. The number of hydrogen-bond donors (Lipinski definition) is 1. The third-order valence-corrected chi connectivity index (χ3v) is 4.03. The molecule has 0 aliphatic carbocycles. The van der Waals surface area contributed by atoms with Gasteiger partial charge in [0.25, 0.3) is 0 Å². The summed E-state index contributed by atoms with van der Waals surface area (Å²) in [5, 5.41) is 9.29. The SMILES string of the molecule is Cc1cc(OC(C(=O)O)C(C)C)c(C(C)(C)C)cc1Br. The molecule has 4 heteroatoms. The van der Waals surface area contributed by atoms with E-state index in [0.29, 0.717) is 5.75 Å². The molecule has 0 spiro atoms. The molecule has 3 nitrogen and oxygen atoms in total. The standard InChI is InChI=1S/C16H23BrO3/c1-9(2)14(15(18)19)20-13-7-10(3)12(17)8-11(13)16(4,5)6/h7-9,14H,1-6H3,(H,18,19). The summed E-state index contributed by atoms with van der Waals surface area (Å²) in [5.41, 5.74) is 1.91. The van der Waals surface area contributed by atoms with Gasteiger partial charge in [-0.15, -0.1) is 0 Å². The van der Waals surface area contributed by atoms with E-state index in [-0.39, 0.29) is 11.3 Å². The van der Waals surface area contributed by atoms with Crippen LogP contribution in [-0.4, -0.2) is 17.2 Å². The van der Waals surface area contributed by atoms with Crippen molar-refractivity contribution in [2.24, 2.45) is 5.92 Å². The Morgan fingerprint density at radius 3 is 2.25 bits per heavy atom. The van der Waals surface area contributed by atoms with E-state index in [2.05, 4.69) is 36.7 Å². The molecule has 20 heavy (non-hydrogen) atoms. The zero-order chi connectivity index (χ0) is 15.7. The molecule has 1 rings (SSSR count). The molecular weight excluding hydrogens is 320 g/mol. The number of rotatable bonds is 4. The Morgan fingerprint density at radius 1 is 1.30 bits per heavy atom. The van der Waals surface area contributed by atoms with Gasteiger partial charge >= 0.3 is 5.97 Å². The molecule has 1 aromatic rings. The van der Waals surface area contributed by atoms with Crippen LogP contribution in [0.2, 0.25) is 0 Å². The van der Waals surface area contributed by atoms with E-state index in [1.165, 1.54) is 0 Å². The van der Waals surface area contributed by atoms with Crippen LogP contribution in [0, 0.1) is 12.8 Å². The van der Waals surface area contributed by atoms with Crippen LogP contribution in [0.1, 0.15) is 45.7 Å². The zero-order valence-corrected chi connectivity index (χ0v) is 14.5. The Bertz CT molecular complexity index is 501. The fourth-order valence-electron chi connectivity index (χ4n) is 1.95. The fourth-order valence-corrected chi connectivity index (χ4v) is 2.29. The number of halogens is 1. The summed E-state index contributed by atoms with van der Waals surface area (Å²) in [4.78, 5) is 11.3. The Labute approximate surface area is 129 Å². The molecule has 1 aromatic carbocycles. The van der Waals surface area contributed by atoms with Gasteiger partial charge in [0, 0.05) is 16.0 Å². The second kappa shape index (κ2) is 6.17. The largest absolute Gasteiger partial charge is 0.478 e. The Morgan fingerprint density at radius 2 is 1.85 bits per heavy atom. The smallest absolute Gasteiger partial charge is 0.345 e. The molecule has 0 heterocycles. The van der Waals surface area contributed by atoms with Crippen molar-refractivity contribution in [3.63, 3.8) is 0 Å². The van der Waals surface area contributed by atoms with E-state index in [1.54, 1.807) is 0 Å². The van der Waals surface area contributed by atoms with Crippen LogP contribution in [0.4, 0.5) is 0 Å². The highest BCUT2D eigenvalue weighted by molar-refractivity contribution is 9.10. The minimum atomic E-state index is -0.930. The number of aryl methyl sites for hydroxylation is 1. The summed E-state index contributed by atoms with van der Waals surface area (Å²) in [6.07, 6.45) is -0.836. The summed E-state index contributed by atoms with van der Waals surface area (Å²) < 4.78 is 6.82. The molecule has 0 saturated carbocycles. The highest BCUT2D eigenvalue weighted by atomic mass is 79.9. The molecule has 1 atom stereocenters. The molecule has 0 aliphatic rings. The Kier molecular flexibility index (Phi) is 5.25. The molecule has 0 radical (unpaired) electrons. The average molecular weight is 343 g/mol. The minimum Gasteiger partial charge on any atom is -0.478 e. The lowest BCUT2D eigenvalue weighted by Gasteiger charge is -2.27. The lowest BCUT2D eigenvalue weighted by atomic mass is 9.85. The number of carboxylic acid groups (broad SMARTS) is 1. The Balaban J connectivity index is 3.29. The predicted molar refractivity (Wildman–Crippen MR) is 84.5 cm³/mol. The third-order valence-electron chi connectivity index (χ3n) is 3.17. The first-order valence-corrected chi connectivity index (χ1v) is 7.53. The summed E-state index contributed by atoms with van der Waals surface area (Å²) >= 11 is 3.52. The topological polar surface area (TPSA) is 46.5 Å². The van der Waals surface area contributed by atoms with Gasteiger partial charge in [-0.3, -0.25) is 0 Å². The Hall–Kier alpha value is -1.03. The summed E-state index contributed by atoms with van der Waals surface area (Å²) in [7, 11) is 0. The maximum atomic E-state index is 11.3. The van der Waals surface area contributed by atoms with Crippen LogP contribution < -0.4 is 4.74 Å². The van der Waals surface area contributed by atoms with Gasteiger partial charge in [-0.25, -0.2) is 4.79 Å². The van der Waals surface area contributed by atoms with Crippen molar-refractivity contribution in [3.05, 3.63) is 27.7 Å². The van der Waals surface area contributed by atoms with E-state index < -0.39 is 12.1 Å². The number of carboxylic acids is 1. The fraction of sp³-hybridized carbons (Fsp3) is 0.562. The van der Waals surface area contributed by atoms with E-state index >= 15 is 0 Å². The maximum Gasteiger partial charge on any atom is 0.345 e. The van der Waals surface area contributed by atoms with E-state index in [4.69, 9.17) is 4.74 Å². The average Bonchev–Trinajstić information content (AvgIpc) is 2.27. The van der Waals surface area contributed by atoms with Crippen molar-refractivity contribution in [1.29, 1.82) is 0 Å². The monoisotopic (exact) mass is 342 g/mol. The van der Waals surface area contributed by atoms with Gasteiger partial charge in [0.15, 0.2) is 6.10 Å². The molecule has 112 valence electrons. The second-order valence-electron chi connectivity index (χ2n) is 6.47. The second-order valence-corrected chi connectivity index (χ2v) is 7.32. The molecular formula is C16H23BrO3. The van der Waals surface area contributed by atoms with Gasteiger partial charge in [0.2, 0.25) is 0 Å². The van der Waals surface area contributed by atoms with Gasteiger partial charge in [0.1, 0.15) is 5.75 Å². The van der Waals surface area contributed by atoms with Crippen LogP contribution in [0.5, 0.6) is 5.75 Å². The summed E-state index contributed by atoms with van der Waals surface area (Å²) in [5.74, 6) is -0.371. The molecule has 0 saturated heterocycles. The minimum absolute atomic E-state index is 0.0933. The normalized spacial score (nSPS) is 13.4. The summed E-state index contributed by atoms with van der Waals surface area (Å²) in [6.45, 7) is 11.9. The van der Waals surface area contributed by atoms with Gasteiger partial charge in [-0.05, 0) is 30.0 Å². The van der Waals surface area contributed by atoms with Crippen LogP contribution in [0.15, 0.2) is 16.6 Å². The highest BCUT2D eigenvalue weighted by Crippen LogP contribution is 2.36. The van der Waals surface area contributed by atoms with Crippen LogP contribution in [0.25, 0.3) is 0 Å². The quantitative estimate of drug-likeness (QED) is 0.873. The zero-order valence-electron chi connectivity index (χ0n) is 13.0. The van der Waals surface area contributed by atoms with Crippen molar-refractivity contribution in [1.82, 2.24) is 0 Å². The van der Waals surface area contributed by atoms with Gasteiger partial charge in [0.05, 0.1) is 0 Å². The number of hydrogen-bond acceptors (Lipinski definition) is 2. The lowest BCUT2D eigenvalue weighted by molar-refractivity contribution is -0.147. The number of benzene rings is 1. The van der Waals surface area contributed by atoms with E-state index in [9.17, 15) is 9.90 Å². The predicted octanol–water partition coefficient (Wildman–Crippen LogP) is 4.54. The first kappa shape index (κ1) is 17.0. The number of aliphatic carboxylic acids is 1. The number of ether oxygens (including phenoxy) is 1. The summed E-state index contributed by atoms with van der Waals surface area (Å²) in [6, 6.07) is 3.92. The molecule has 0 aromatic heterocycles. The molecule has 0 bridgehead atoms. The van der Waals surface area contributed by atoms with Crippen LogP contribution >= 0.6 is 15.9 Å². The molecule has 1 unspecified atom stereocenters. The van der Waals surface area contributed by atoms with Crippen molar-refractivity contribution in [3.8, 4) is 5.75 Å². The lowest BCUT2D eigenvalue weighted by Crippen LogP contribution is -2.33. The first-order valence-electron chi connectivity index (χ1n) is 6.74.